The van der Waals surface area contributed by atoms with Crippen molar-refractivity contribution in [2.24, 2.45) is 5.92 Å². The van der Waals surface area contributed by atoms with E-state index in [1.165, 1.54) is 0 Å². The van der Waals surface area contributed by atoms with Crippen molar-refractivity contribution < 1.29 is 9.59 Å². The first-order valence-corrected chi connectivity index (χ1v) is 10.2. The third kappa shape index (κ3) is 4.61. The van der Waals surface area contributed by atoms with Crippen molar-refractivity contribution in [1.82, 2.24) is 20.2 Å². The van der Waals surface area contributed by atoms with Crippen LogP contribution in [-0.2, 0) is 13.0 Å². The third-order valence-electron chi connectivity index (χ3n) is 5.19. The number of benzene rings is 1. The Balaban J connectivity index is 1.78. The Labute approximate surface area is 166 Å². The van der Waals surface area contributed by atoms with E-state index >= 15 is 0 Å². The molecule has 1 aromatic carbocycles. The first kappa shape index (κ1) is 20.1. The SMILES string of the molecule is CC(C)CCNC(=O)c1nc(C(=O)NC(C)c2ccccc2)n2c1CCCC2. The molecule has 0 spiro atoms. The molecule has 3 rings (SSSR count). The first-order chi connectivity index (χ1) is 13.5. The van der Waals surface area contributed by atoms with Crippen molar-refractivity contribution in [3.8, 4) is 0 Å². The lowest BCUT2D eigenvalue weighted by atomic mass is 10.1. The highest BCUT2D eigenvalue weighted by molar-refractivity contribution is 5.97. The van der Waals surface area contributed by atoms with Gasteiger partial charge in [-0.15, -0.1) is 0 Å². The van der Waals surface area contributed by atoms with Crippen molar-refractivity contribution >= 4 is 11.8 Å². The summed E-state index contributed by atoms with van der Waals surface area (Å²) in [5.74, 6) is 0.450. The molecule has 0 bridgehead atoms. The number of nitrogens with zero attached hydrogens (tertiary/aromatic N) is 2. The molecule has 1 aliphatic heterocycles. The minimum atomic E-state index is -0.235. The largest absolute Gasteiger partial charge is 0.351 e. The van der Waals surface area contributed by atoms with Crippen LogP contribution in [0.5, 0.6) is 0 Å². The molecule has 28 heavy (non-hydrogen) atoms. The van der Waals surface area contributed by atoms with Crippen LogP contribution in [-0.4, -0.2) is 27.9 Å². The standard InChI is InChI=1S/C22H30N4O2/c1-15(2)12-13-23-21(27)19-18-11-7-8-14-26(18)20(25-19)22(28)24-16(3)17-9-5-4-6-10-17/h4-6,9-10,15-16H,7-8,11-14H2,1-3H3,(H,23,27)(H,24,28). The predicted molar refractivity (Wildman–Crippen MR) is 109 cm³/mol. The Kier molecular flexibility index (Phi) is 6.49. The molecule has 2 heterocycles. The van der Waals surface area contributed by atoms with Crippen LogP contribution in [0.25, 0.3) is 0 Å². The van der Waals surface area contributed by atoms with Crippen molar-refractivity contribution in [3.63, 3.8) is 0 Å². The lowest BCUT2D eigenvalue weighted by molar-refractivity contribution is 0.0923. The van der Waals surface area contributed by atoms with E-state index < -0.39 is 0 Å². The maximum Gasteiger partial charge on any atom is 0.287 e. The summed E-state index contributed by atoms with van der Waals surface area (Å²) in [6.45, 7) is 7.55. The number of carbonyl (C=O) groups is 2. The molecule has 0 radical (unpaired) electrons. The smallest absolute Gasteiger partial charge is 0.287 e. The van der Waals surface area contributed by atoms with Crippen LogP contribution in [0, 0.1) is 5.92 Å². The molecule has 6 nitrogen and oxygen atoms in total. The Hall–Kier alpha value is -2.63. The molecule has 1 unspecified atom stereocenters. The van der Waals surface area contributed by atoms with E-state index in [4.69, 9.17) is 0 Å². The summed E-state index contributed by atoms with van der Waals surface area (Å²) in [6, 6.07) is 9.70. The second kappa shape index (κ2) is 9.04. The molecule has 1 atom stereocenters. The molecule has 150 valence electrons. The number of hydrogen-bond donors (Lipinski definition) is 2. The zero-order valence-corrected chi connectivity index (χ0v) is 17.0. The molecule has 2 amide bonds. The highest BCUT2D eigenvalue weighted by Gasteiger charge is 2.28. The van der Waals surface area contributed by atoms with Gasteiger partial charge in [-0.05, 0) is 44.1 Å². The molecule has 0 aliphatic carbocycles. The van der Waals surface area contributed by atoms with Crippen molar-refractivity contribution in [2.75, 3.05) is 6.54 Å². The second-order valence-electron chi connectivity index (χ2n) is 7.88. The fourth-order valence-corrected chi connectivity index (χ4v) is 3.54. The number of imidazole rings is 1. The number of carbonyl (C=O) groups excluding carboxylic acids is 2. The number of amides is 2. The van der Waals surface area contributed by atoms with E-state index in [2.05, 4.69) is 29.5 Å². The normalized spacial score (nSPS) is 14.4. The topological polar surface area (TPSA) is 76.0 Å². The number of hydrogen-bond acceptors (Lipinski definition) is 3. The number of aromatic nitrogens is 2. The fourth-order valence-electron chi connectivity index (χ4n) is 3.54. The van der Waals surface area contributed by atoms with Crippen molar-refractivity contribution in [2.45, 2.75) is 59.0 Å². The van der Waals surface area contributed by atoms with Gasteiger partial charge in [0.25, 0.3) is 11.8 Å². The second-order valence-corrected chi connectivity index (χ2v) is 7.88. The van der Waals surface area contributed by atoms with Gasteiger partial charge in [-0.25, -0.2) is 4.98 Å². The molecule has 2 N–H and O–H groups in total. The summed E-state index contributed by atoms with van der Waals surface area (Å²) in [7, 11) is 0. The van der Waals surface area contributed by atoms with E-state index in [1.54, 1.807) is 0 Å². The van der Waals surface area contributed by atoms with Crippen LogP contribution < -0.4 is 10.6 Å². The highest BCUT2D eigenvalue weighted by Crippen LogP contribution is 2.22. The van der Waals surface area contributed by atoms with Crippen LogP contribution in [0.4, 0.5) is 0 Å². The minimum Gasteiger partial charge on any atom is -0.351 e. The van der Waals surface area contributed by atoms with Gasteiger partial charge in [-0.2, -0.15) is 0 Å². The van der Waals surface area contributed by atoms with Crippen LogP contribution in [0.1, 0.15) is 78.4 Å². The zero-order valence-electron chi connectivity index (χ0n) is 17.0. The zero-order chi connectivity index (χ0) is 20.1. The van der Waals surface area contributed by atoms with Crippen LogP contribution >= 0.6 is 0 Å². The first-order valence-electron chi connectivity index (χ1n) is 10.2. The van der Waals surface area contributed by atoms with Gasteiger partial charge in [0.1, 0.15) is 5.69 Å². The van der Waals surface area contributed by atoms with E-state index in [-0.39, 0.29) is 17.9 Å². The summed E-state index contributed by atoms with van der Waals surface area (Å²) >= 11 is 0. The maximum absolute atomic E-state index is 12.9. The maximum atomic E-state index is 12.9. The van der Waals surface area contributed by atoms with Gasteiger partial charge < -0.3 is 15.2 Å². The Morgan fingerprint density at radius 2 is 1.86 bits per heavy atom. The van der Waals surface area contributed by atoms with Crippen molar-refractivity contribution in [1.29, 1.82) is 0 Å². The minimum absolute atomic E-state index is 0.131. The lowest BCUT2D eigenvalue weighted by Gasteiger charge is -2.18. The molecule has 0 fully saturated rings. The molecule has 0 saturated heterocycles. The van der Waals surface area contributed by atoms with E-state index in [9.17, 15) is 9.59 Å². The summed E-state index contributed by atoms with van der Waals surface area (Å²) in [6.07, 6.45) is 3.71. The predicted octanol–water partition coefficient (Wildman–Crippen LogP) is 3.49. The molecule has 0 saturated carbocycles. The average Bonchev–Trinajstić information content (AvgIpc) is 3.08. The summed E-state index contributed by atoms with van der Waals surface area (Å²) in [4.78, 5) is 30.0. The van der Waals surface area contributed by atoms with Gasteiger partial charge in [-0.3, -0.25) is 9.59 Å². The van der Waals surface area contributed by atoms with Gasteiger partial charge in [-0.1, -0.05) is 44.2 Å². The Morgan fingerprint density at radius 3 is 2.57 bits per heavy atom. The summed E-state index contributed by atoms with van der Waals surface area (Å²) in [5.41, 5.74) is 2.32. The quantitative estimate of drug-likeness (QED) is 0.770. The lowest BCUT2D eigenvalue weighted by Crippen LogP contribution is -2.30. The van der Waals surface area contributed by atoms with Crippen molar-refractivity contribution in [3.05, 3.63) is 53.1 Å². The van der Waals surface area contributed by atoms with E-state index in [0.717, 1.165) is 43.5 Å². The van der Waals surface area contributed by atoms with Gasteiger partial charge in [0.15, 0.2) is 5.82 Å². The van der Waals surface area contributed by atoms with Gasteiger partial charge in [0.2, 0.25) is 0 Å². The highest BCUT2D eigenvalue weighted by atomic mass is 16.2. The molecule has 1 aliphatic rings. The number of nitrogens with one attached hydrogen (secondary N) is 2. The van der Waals surface area contributed by atoms with Crippen LogP contribution in [0.3, 0.4) is 0 Å². The number of rotatable bonds is 7. The summed E-state index contributed by atoms with van der Waals surface area (Å²) in [5, 5.41) is 5.97. The number of fused-ring (bicyclic) bond motifs is 1. The third-order valence-corrected chi connectivity index (χ3v) is 5.19. The molecule has 6 heteroatoms. The molecular formula is C22H30N4O2. The molecular weight excluding hydrogens is 352 g/mol. The van der Waals surface area contributed by atoms with Gasteiger partial charge >= 0.3 is 0 Å². The molecule has 1 aromatic heterocycles. The average molecular weight is 383 g/mol. The Bertz CT molecular complexity index is 827. The van der Waals surface area contributed by atoms with Crippen LogP contribution in [0.2, 0.25) is 0 Å². The van der Waals surface area contributed by atoms with E-state index in [1.807, 2.05) is 41.8 Å². The van der Waals surface area contributed by atoms with Crippen LogP contribution in [0.15, 0.2) is 30.3 Å². The van der Waals surface area contributed by atoms with Gasteiger partial charge in [0.05, 0.1) is 11.7 Å². The Morgan fingerprint density at radius 1 is 1.11 bits per heavy atom. The van der Waals surface area contributed by atoms with E-state index in [0.29, 0.717) is 24.0 Å². The van der Waals surface area contributed by atoms with Gasteiger partial charge in [0, 0.05) is 13.1 Å². The monoisotopic (exact) mass is 382 g/mol. The fraction of sp³-hybridized carbons (Fsp3) is 0.500. The molecule has 2 aromatic rings. The summed E-state index contributed by atoms with van der Waals surface area (Å²) < 4.78 is 1.92.